The van der Waals surface area contributed by atoms with Crippen LogP contribution in [0.3, 0.4) is 0 Å². The number of unbranched alkanes of at least 4 members (excludes halogenated alkanes) is 5. The molecule has 2 aromatic carbocycles. The van der Waals surface area contributed by atoms with Crippen molar-refractivity contribution in [3.8, 4) is 5.75 Å². The van der Waals surface area contributed by atoms with Gasteiger partial charge < -0.3 is 9.84 Å². The van der Waals surface area contributed by atoms with E-state index < -0.39 is 5.97 Å². The lowest BCUT2D eigenvalue weighted by molar-refractivity contribution is 0.0697. The van der Waals surface area contributed by atoms with Crippen molar-refractivity contribution in [3.05, 3.63) is 42.0 Å². The largest absolute Gasteiger partial charge is 0.494 e. The predicted molar refractivity (Wildman–Crippen MR) is 89.8 cm³/mol. The minimum atomic E-state index is -0.902. The molecule has 0 bridgehead atoms. The number of rotatable bonds is 9. The van der Waals surface area contributed by atoms with Gasteiger partial charge in [-0.05, 0) is 41.5 Å². The second-order valence-electron chi connectivity index (χ2n) is 5.65. The van der Waals surface area contributed by atoms with Crippen LogP contribution in [0.2, 0.25) is 0 Å². The lowest BCUT2D eigenvalue weighted by atomic mass is 10.1. The van der Waals surface area contributed by atoms with E-state index in [2.05, 4.69) is 6.92 Å². The van der Waals surface area contributed by atoms with Gasteiger partial charge in [0.1, 0.15) is 5.75 Å². The van der Waals surface area contributed by atoms with Gasteiger partial charge in [-0.15, -0.1) is 0 Å². The van der Waals surface area contributed by atoms with Gasteiger partial charge in [0.05, 0.1) is 12.2 Å². The second kappa shape index (κ2) is 8.42. The quantitative estimate of drug-likeness (QED) is 0.641. The van der Waals surface area contributed by atoms with Crippen LogP contribution < -0.4 is 4.74 Å². The third-order valence-electron chi connectivity index (χ3n) is 3.83. The molecule has 0 fully saturated rings. The molecule has 3 heteroatoms. The van der Waals surface area contributed by atoms with Crippen molar-refractivity contribution in [3.63, 3.8) is 0 Å². The zero-order valence-electron chi connectivity index (χ0n) is 13.2. The molecule has 3 nitrogen and oxygen atoms in total. The third-order valence-corrected chi connectivity index (χ3v) is 3.83. The fourth-order valence-electron chi connectivity index (χ4n) is 2.52. The third kappa shape index (κ3) is 4.76. The van der Waals surface area contributed by atoms with Crippen LogP contribution in [0.5, 0.6) is 5.75 Å². The van der Waals surface area contributed by atoms with Crippen LogP contribution in [0.1, 0.15) is 55.8 Å². The van der Waals surface area contributed by atoms with E-state index in [-0.39, 0.29) is 0 Å². The Labute approximate surface area is 131 Å². The molecule has 0 saturated heterocycles. The van der Waals surface area contributed by atoms with Crippen LogP contribution in [0.15, 0.2) is 36.4 Å². The Morgan fingerprint density at radius 1 is 0.955 bits per heavy atom. The summed E-state index contributed by atoms with van der Waals surface area (Å²) in [6.45, 7) is 2.94. The number of hydrogen-bond acceptors (Lipinski definition) is 2. The maximum atomic E-state index is 11.0. The summed E-state index contributed by atoms with van der Waals surface area (Å²) in [5, 5.41) is 11.0. The van der Waals surface area contributed by atoms with E-state index in [1.165, 1.54) is 32.1 Å². The van der Waals surface area contributed by atoms with E-state index in [0.29, 0.717) is 5.56 Å². The summed E-state index contributed by atoms with van der Waals surface area (Å²) in [6, 6.07) is 11.0. The standard InChI is InChI=1S/C19H24O3/c1-2-3-4-5-6-7-12-22-18-11-10-15-8-9-16(19(20)21)13-17(15)14-18/h8-11,13-14H,2-7,12H2,1H3,(H,20,21). The number of hydrogen-bond donors (Lipinski definition) is 1. The molecule has 2 rings (SSSR count). The molecular weight excluding hydrogens is 276 g/mol. The SMILES string of the molecule is CCCCCCCCOc1ccc2ccc(C(=O)O)cc2c1. The highest BCUT2D eigenvalue weighted by Gasteiger charge is 2.04. The van der Waals surface area contributed by atoms with E-state index in [1.807, 2.05) is 24.3 Å². The Kier molecular flexibility index (Phi) is 6.26. The van der Waals surface area contributed by atoms with Crippen LogP contribution in [0.4, 0.5) is 0 Å². The molecule has 0 spiro atoms. The smallest absolute Gasteiger partial charge is 0.335 e. The number of carbonyl (C=O) groups is 1. The fourth-order valence-corrected chi connectivity index (χ4v) is 2.52. The van der Waals surface area contributed by atoms with Gasteiger partial charge in [0, 0.05) is 0 Å². The molecule has 0 aliphatic heterocycles. The number of fused-ring (bicyclic) bond motifs is 1. The monoisotopic (exact) mass is 300 g/mol. The van der Waals surface area contributed by atoms with Gasteiger partial charge in [0.15, 0.2) is 0 Å². The first kappa shape index (κ1) is 16.3. The highest BCUT2D eigenvalue weighted by molar-refractivity contribution is 5.94. The summed E-state index contributed by atoms with van der Waals surface area (Å²) in [5.41, 5.74) is 0.306. The van der Waals surface area contributed by atoms with Gasteiger partial charge in [-0.25, -0.2) is 4.79 Å². The highest BCUT2D eigenvalue weighted by Crippen LogP contribution is 2.22. The molecule has 1 N–H and O–H groups in total. The van der Waals surface area contributed by atoms with E-state index in [9.17, 15) is 4.79 Å². The number of carboxylic acid groups (broad SMARTS) is 1. The van der Waals surface area contributed by atoms with Crippen LogP contribution >= 0.6 is 0 Å². The van der Waals surface area contributed by atoms with Gasteiger partial charge in [-0.3, -0.25) is 0 Å². The molecular formula is C19H24O3. The molecule has 0 radical (unpaired) electrons. The first-order chi connectivity index (χ1) is 10.7. The minimum absolute atomic E-state index is 0.306. The number of carboxylic acids is 1. The number of ether oxygens (including phenoxy) is 1. The van der Waals surface area contributed by atoms with Gasteiger partial charge >= 0.3 is 5.97 Å². The summed E-state index contributed by atoms with van der Waals surface area (Å²) in [6.07, 6.45) is 7.44. The average Bonchev–Trinajstić information content (AvgIpc) is 2.53. The van der Waals surface area contributed by atoms with Crippen LogP contribution in [0.25, 0.3) is 10.8 Å². The Morgan fingerprint density at radius 3 is 2.45 bits per heavy atom. The molecule has 118 valence electrons. The molecule has 22 heavy (non-hydrogen) atoms. The molecule has 0 saturated carbocycles. The molecule has 0 unspecified atom stereocenters. The summed E-state index contributed by atoms with van der Waals surface area (Å²) in [7, 11) is 0. The first-order valence-electron chi connectivity index (χ1n) is 8.10. The van der Waals surface area contributed by atoms with Gasteiger partial charge in [-0.1, -0.05) is 51.2 Å². The van der Waals surface area contributed by atoms with Gasteiger partial charge in [0.2, 0.25) is 0 Å². The minimum Gasteiger partial charge on any atom is -0.494 e. The predicted octanol–water partition coefficient (Wildman–Crippen LogP) is 5.28. The van der Waals surface area contributed by atoms with Crippen LogP contribution in [-0.2, 0) is 0 Å². The van der Waals surface area contributed by atoms with Crippen molar-refractivity contribution in [2.45, 2.75) is 45.4 Å². The Morgan fingerprint density at radius 2 is 1.68 bits per heavy atom. The Bertz CT molecular complexity index is 619. The second-order valence-corrected chi connectivity index (χ2v) is 5.65. The molecule has 2 aromatic rings. The maximum absolute atomic E-state index is 11.0. The molecule has 0 heterocycles. The Balaban J connectivity index is 1.87. The summed E-state index contributed by atoms with van der Waals surface area (Å²) < 4.78 is 5.77. The van der Waals surface area contributed by atoms with E-state index in [4.69, 9.17) is 9.84 Å². The zero-order valence-corrected chi connectivity index (χ0v) is 13.2. The van der Waals surface area contributed by atoms with Crippen LogP contribution in [-0.4, -0.2) is 17.7 Å². The highest BCUT2D eigenvalue weighted by atomic mass is 16.5. The molecule has 0 atom stereocenters. The summed E-state index contributed by atoms with van der Waals surface area (Å²) in [4.78, 5) is 11.0. The molecule has 0 amide bonds. The number of aromatic carboxylic acids is 1. The molecule has 0 aliphatic carbocycles. The fraction of sp³-hybridized carbons (Fsp3) is 0.421. The van der Waals surface area contributed by atoms with Gasteiger partial charge in [-0.2, -0.15) is 0 Å². The van der Waals surface area contributed by atoms with Crippen molar-refractivity contribution < 1.29 is 14.6 Å². The van der Waals surface area contributed by atoms with Crippen molar-refractivity contribution in [2.24, 2.45) is 0 Å². The normalized spacial score (nSPS) is 10.8. The summed E-state index contributed by atoms with van der Waals surface area (Å²) >= 11 is 0. The first-order valence-corrected chi connectivity index (χ1v) is 8.10. The topological polar surface area (TPSA) is 46.5 Å². The Hall–Kier alpha value is -2.03. The summed E-state index contributed by atoms with van der Waals surface area (Å²) in [5.74, 6) is -0.0936. The van der Waals surface area contributed by atoms with E-state index in [1.54, 1.807) is 12.1 Å². The lowest BCUT2D eigenvalue weighted by Gasteiger charge is -2.08. The van der Waals surface area contributed by atoms with E-state index in [0.717, 1.165) is 29.5 Å². The average molecular weight is 300 g/mol. The molecule has 0 aromatic heterocycles. The molecule has 0 aliphatic rings. The maximum Gasteiger partial charge on any atom is 0.335 e. The van der Waals surface area contributed by atoms with Crippen LogP contribution in [0, 0.1) is 0 Å². The number of benzene rings is 2. The van der Waals surface area contributed by atoms with Crippen molar-refractivity contribution >= 4 is 16.7 Å². The zero-order chi connectivity index (χ0) is 15.8. The van der Waals surface area contributed by atoms with Crippen molar-refractivity contribution in [2.75, 3.05) is 6.61 Å². The van der Waals surface area contributed by atoms with Gasteiger partial charge in [0.25, 0.3) is 0 Å². The van der Waals surface area contributed by atoms with E-state index >= 15 is 0 Å². The van der Waals surface area contributed by atoms with Crippen molar-refractivity contribution in [1.82, 2.24) is 0 Å². The lowest BCUT2D eigenvalue weighted by Crippen LogP contribution is -1.98. The van der Waals surface area contributed by atoms with Crippen molar-refractivity contribution in [1.29, 1.82) is 0 Å².